The normalized spacial score (nSPS) is 23.6. The van der Waals surface area contributed by atoms with Gasteiger partial charge in [-0.3, -0.25) is 4.79 Å². The zero-order valence-corrected chi connectivity index (χ0v) is 15.2. The molecule has 26 heavy (non-hydrogen) atoms. The lowest BCUT2D eigenvalue weighted by atomic mass is 9.91. The van der Waals surface area contributed by atoms with Gasteiger partial charge in [-0.1, -0.05) is 25.1 Å². The van der Waals surface area contributed by atoms with Gasteiger partial charge in [-0.25, -0.2) is 4.79 Å². The molecule has 0 aliphatic carbocycles. The van der Waals surface area contributed by atoms with Crippen LogP contribution < -0.4 is 10.2 Å². The molecule has 7 heteroatoms. The van der Waals surface area contributed by atoms with Crippen molar-refractivity contribution in [3.8, 4) is 0 Å². The second-order valence-electron chi connectivity index (χ2n) is 7.17. The van der Waals surface area contributed by atoms with E-state index in [1.54, 1.807) is 4.90 Å². The number of hydrogen-bond acceptors (Lipinski definition) is 4. The number of piperidine rings is 1. The number of benzene rings is 1. The highest BCUT2D eigenvalue weighted by molar-refractivity contribution is 5.77. The minimum absolute atomic E-state index is 0.191. The Kier molecular flexibility index (Phi) is 5.98. The monoisotopic (exact) mass is 361 g/mol. The molecular weight excluding hydrogens is 334 g/mol. The van der Waals surface area contributed by atoms with Gasteiger partial charge >= 0.3 is 12.0 Å². The molecule has 0 spiro atoms. The van der Waals surface area contributed by atoms with E-state index in [-0.39, 0.29) is 18.5 Å². The second-order valence-corrected chi connectivity index (χ2v) is 7.17. The van der Waals surface area contributed by atoms with E-state index in [1.165, 1.54) is 0 Å². The summed E-state index contributed by atoms with van der Waals surface area (Å²) in [5, 5.41) is 12.2. The van der Waals surface area contributed by atoms with Crippen LogP contribution in [0.3, 0.4) is 0 Å². The number of carboxylic acid groups (broad SMARTS) is 1. The fraction of sp³-hybridized carbons (Fsp3) is 0.579. The first kappa shape index (κ1) is 18.5. The number of rotatable bonds is 4. The summed E-state index contributed by atoms with van der Waals surface area (Å²) < 4.78 is 5.41. The number of ether oxygens (including phenoxy) is 1. The SMILES string of the molecule is CC1CC(C(=O)O)CN(C(=O)NCc2ccccc2N2CCOCC2)C1. The molecule has 2 atom stereocenters. The first-order chi connectivity index (χ1) is 12.5. The number of carbonyl (C=O) groups excluding carboxylic acids is 1. The van der Waals surface area contributed by atoms with Crippen molar-refractivity contribution in [2.75, 3.05) is 44.3 Å². The highest BCUT2D eigenvalue weighted by atomic mass is 16.5. The summed E-state index contributed by atoms with van der Waals surface area (Å²) >= 11 is 0. The quantitative estimate of drug-likeness (QED) is 0.854. The maximum atomic E-state index is 12.6. The minimum atomic E-state index is -0.827. The Bertz CT molecular complexity index is 645. The van der Waals surface area contributed by atoms with Crippen LogP contribution in [-0.4, -0.2) is 61.4 Å². The van der Waals surface area contributed by atoms with Crippen LogP contribution >= 0.6 is 0 Å². The zero-order valence-electron chi connectivity index (χ0n) is 15.2. The van der Waals surface area contributed by atoms with Crippen LogP contribution in [-0.2, 0) is 16.1 Å². The Morgan fingerprint density at radius 3 is 2.69 bits per heavy atom. The predicted molar refractivity (Wildman–Crippen MR) is 98.2 cm³/mol. The van der Waals surface area contributed by atoms with Crippen molar-refractivity contribution in [1.82, 2.24) is 10.2 Å². The molecule has 2 fully saturated rings. The fourth-order valence-corrected chi connectivity index (χ4v) is 3.75. The summed E-state index contributed by atoms with van der Waals surface area (Å²) in [7, 11) is 0. The number of morpholine rings is 1. The minimum Gasteiger partial charge on any atom is -0.481 e. The fourth-order valence-electron chi connectivity index (χ4n) is 3.75. The lowest BCUT2D eigenvalue weighted by Gasteiger charge is -2.35. The molecule has 0 saturated carbocycles. The second kappa shape index (κ2) is 8.40. The Morgan fingerprint density at radius 1 is 1.23 bits per heavy atom. The third-order valence-electron chi connectivity index (χ3n) is 5.07. The van der Waals surface area contributed by atoms with E-state index in [0.717, 1.165) is 24.3 Å². The van der Waals surface area contributed by atoms with Crippen molar-refractivity contribution >= 4 is 17.7 Å². The molecule has 2 heterocycles. The number of carbonyl (C=O) groups is 2. The van der Waals surface area contributed by atoms with Gasteiger partial charge in [0.1, 0.15) is 0 Å². The number of likely N-dealkylation sites (tertiary alicyclic amines) is 1. The highest BCUT2D eigenvalue weighted by Crippen LogP contribution is 2.23. The maximum Gasteiger partial charge on any atom is 0.317 e. The Morgan fingerprint density at radius 2 is 1.96 bits per heavy atom. The van der Waals surface area contributed by atoms with E-state index in [0.29, 0.717) is 32.7 Å². The van der Waals surface area contributed by atoms with Crippen LogP contribution in [0.15, 0.2) is 24.3 Å². The Hall–Kier alpha value is -2.28. The van der Waals surface area contributed by atoms with Gasteiger partial charge < -0.3 is 25.0 Å². The molecule has 2 unspecified atom stereocenters. The summed E-state index contributed by atoms with van der Waals surface area (Å²) in [5.74, 6) is -1.12. The van der Waals surface area contributed by atoms with Gasteiger partial charge in [0.2, 0.25) is 0 Å². The van der Waals surface area contributed by atoms with Gasteiger partial charge in [0.25, 0.3) is 0 Å². The third-order valence-corrected chi connectivity index (χ3v) is 5.07. The first-order valence-electron chi connectivity index (χ1n) is 9.20. The Labute approximate surface area is 153 Å². The van der Waals surface area contributed by atoms with Crippen molar-refractivity contribution < 1.29 is 19.4 Å². The Balaban J connectivity index is 1.62. The van der Waals surface area contributed by atoms with Crippen molar-refractivity contribution in [3.05, 3.63) is 29.8 Å². The average Bonchev–Trinajstić information content (AvgIpc) is 2.66. The lowest BCUT2D eigenvalue weighted by Crippen LogP contribution is -2.49. The summed E-state index contributed by atoms with van der Waals surface area (Å²) in [6.07, 6.45) is 0.624. The number of aliphatic carboxylic acids is 1. The highest BCUT2D eigenvalue weighted by Gasteiger charge is 2.31. The number of nitrogens with zero attached hydrogens (tertiary/aromatic N) is 2. The molecule has 2 amide bonds. The van der Waals surface area contributed by atoms with E-state index < -0.39 is 11.9 Å². The predicted octanol–water partition coefficient (Wildman–Crippen LogP) is 1.78. The van der Waals surface area contributed by atoms with E-state index in [2.05, 4.69) is 16.3 Å². The summed E-state index contributed by atoms with van der Waals surface area (Å²) in [6, 6.07) is 7.86. The molecule has 0 bridgehead atoms. The molecule has 3 rings (SSSR count). The maximum absolute atomic E-state index is 12.6. The first-order valence-corrected chi connectivity index (χ1v) is 9.20. The standard InChI is InChI=1S/C19H27N3O4/c1-14-10-16(18(23)24)13-22(12-14)19(25)20-11-15-4-2-3-5-17(15)21-6-8-26-9-7-21/h2-5,14,16H,6-13H2,1H3,(H,20,25)(H,23,24). The molecule has 2 aliphatic rings. The van der Waals surface area contributed by atoms with Crippen LogP contribution in [0.1, 0.15) is 18.9 Å². The van der Waals surface area contributed by atoms with Crippen LogP contribution in [0.4, 0.5) is 10.5 Å². The summed E-state index contributed by atoms with van der Waals surface area (Å²) in [5.41, 5.74) is 2.18. The van der Waals surface area contributed by atoms with Crippen LogP contribution in [0, 0.1) is 11.8 Å². The molecule has 0 radical (unpaired) electrons. The number of para-hydroxylation sites is 1. The topological polar surface area (TPSA) is 82.1 Å². The van der Waals surface area contributed by atoms with Gasteiger partial charge in [-0.15, -0.1) is 0 Å². The summed E-state index contributed by atoms with van der Waals surface area (Å²) in [4.78, 5) is 27.8. The molecular formula is C19H27N3O4. The van der Waals surface area contributed by atoms with Gasteiger partial charge in [-0.2, -0.15) is 0 Å². The number of hydrogen-bond donors (Lipinski definition) is 2. The van der Waals surface area contributed by atoms with E-state index in [4.69, 9.17) is 4.74 Å². The largest absolute Gasteiger partial charge is 0.481 e. The molecule has 2 N–H and O–H groups in total. The number of carboxylic acids is 1. The van der Waals surface area contributed by atoms with E-state index in [1.807, 2.05) is 25.1 Å². The zero-order chi connectivity index (χ0) is 18.5. The van der Waals surface area contributed by atoms with Gasteiger partial charge in [0, 0.05) is 38.4 Å². The molecule has 1 aromatic carbocycles. The lowest BCUT2D eigenvalue weighted by molar-refractivity contribution is -0.143. The van der Waals surface area contributed by atoms with Gasteiger partial charge in [0.05, 0.1) is 19.1 Å². The number of nitrogens with one attached hydrogen (secondary N) is 1. The molecule has 1 aromatic rings. The number of amides is 2. The number of urea groups is 1. The van der Waals surface area contributed by atoms with Crippen molar-refractivity contribution in [2.45, 2.75) is 19.9 Å². The third kappa shape index (κ3) is 4.46. The van der Waals surface area contributed by atoms with Crippen LogP contribution in [0.25, 0.3) is 0 Å². The molecule has 0 aromatic heterocycles. The molecule has 2 aliphatic heterocycles. The van der Waals surface area contributed by atoms with E-state index in [9.17, 15) is 14.7 Å². The summed E-state index contributed by atoms with van der Waals surface area (Å²) in [6.45, 7) is 6.39. The van der Waals surface area contributed by atoms with Crippen molar-refractivity contribution in [2.24, 2.45) is 11.8 Å². The number of anilines is 1. The van der Waals surface area contributed by atoms with Gasteiger partial charge in [-0.05, 0) is 24.0 Å². The van der Waals surface area contributed by atoms with E-state index >= 15 is 0 Å². The van der Waals surface area contributed by atoms with Crippen LogP contribution in [0.2, 0.25) is 0 Å². The molecule has 2 saturated heterocycles. The average molecular weight is 361 g/mol. The molecule has 7 nitrogen and oxygen atoms in total. The smallest absolute Gasteiger partial charge is 0.317 e. The van der Waals surface area contributed by atoms with Gasteiger partial charge in [0.15, 0.2) is 0 Å². The molecule has 142 valence electrons. The van der Waals surface area contributed by atoms with Crippen LogP contribution in [0.5, 0.6) is 0 Å². The van der Waals surface area contributed by atoms with Crippen molar-refractivity contribution in [3.63, 3.8) is 0 Å². The van der Waals surface area contributed by atoms with Crippen molar-refractivity contribution in [1.29, 1.82) is 0 Å².